The predicted octanol–water partition coefficient (Wildman–Crippen LogP) is 9.46. The van der Waals surface area contributed by atoms with E-state index in [0.717, 1.165) is 75.3 Å². The van der Waals surface area contributed by atoms with E-state index in [1.165, 1.54) is 23.4 Å². The number of hydrogen-bond donors (Lipinski definition) is 3. The van der Waals surface area contributed by atoms with Crippen LogP contribution in [0.3, 0.4) is 0 Å². The lowest BCUT2D eigenvalue weighted by atomic mass is 9.59. The Balaban J connectivity index is 0.871. The summed E-state index contributed by atoms with van der Waals surface area (Å²) in [6.45, 7) is 10.8. The van der Waals surface area contributed by atoms with Gasteiger partial charge in [0, 0.05) is 101 Å². The maximum atomic E-state index is 16.6. The second-order valence-electron chi connectivity index (χ2n) is 20.4. The predicted molar refractivity (Wildman–Crippen MR) is 271 cm³/mol. The summed E-state index contributed by atoms with van der Waals surface area (Å²) >= 11 is 0. The van der Waals surface area contributed by atoms with Gasteiger partial charge in [-0.1, -0.05) is 38.1 Å². The molecule has 16 nitrogen and oxygen atoms in total. The van der Waals surface area contributed by atoms with Gasteiger partial charge in [0.25, 0.3) is 21.6 Å². The van der Waals surface area contributed by atoms with Crippen molar-refractivity contribution in [1.82, 2.24) is 24.6 Å². The molecule has 72 heavy (non-hydrogen) atoms. The molecule has 3 aliphatic heterocycles. The first kappa shape index (κ1) is 48.9. The van der Waals surface area contributed by atoms with E-state index in [1.54, 1.807) is 24.5 Å². The third kappa shape index (κ3) is 9.68. The molecule has 3 saturated heterocycles. The van der Waals surface area contributed by atoms with Crippen LogP contribution >= 0.6 is 0 Å². The number of alkyl halides is 1. The number of piperidine rings is 1. The first-order valence-electron chi connectivity index (χ1n) is 24.6. The molecule has 19 heteroatoms. The molecule has 1 atom stereocenters. The van der Waals surface area contributed by atoms with Gasteiger partial charge in [0.1, 0.15) is 34.3 Å². The summed E-state index contributed by atoms with van der Waals surface area (Å²) in [7, 11) is -4.79. The summed E-state index contributed by atoms with van der Waals surface area (Å²) < 4.78 is 72.9. The number of halogens is 2. The molecule has 3 N–H and O–H groups in total. The molecule has 0 bridgehead atoms. The smallest absolute Gasteiger partial charge is 0.293 e. The average Bonchev–Trinajstić information content (AvgIpc) is 3.84. The van der Waals surface area contributed by atoms with Crippen molar-refractivity contribution >= 4 is 49.7 Å². The standard InChI is InChI=1S/C53H59F2N9O7S/c1-35(2)41-8-4-5-9-43(41)51(3)34-62(37-7-6-17-56-31-37)21-22-63(51)38-29-52(30-38)13-19-61(20-14-52)46-28-48(71-39-25-36-12-18-57-49(36)58-32-39)42(27-44(46)54)50(65)60-72(68,69)40-10-11-45(47(26-40)64(66)67)59-33-53(55)15-23-70-24-16-53/h4-12,17-18,25-28,31-32,35,38,59H,13-16,19-24,29-30,33-34H2,1-3H3,(H,57,58)(H,60,65). The number of benzene rings is 3. The van der Waals surface area contributed by atoms with Crippen LogP contribution in [0.25, 0.3) is 11.0 Å². The number of piperazine rings is 1. The fourth-order valence-electron chi connectivity index (χ4n) is 11.4. The second kappa shape index (κ2) is 19.4. The van der Waals surface area contributed by atoms with Crippen molar-refractivity contribution in [2.75, 3.05) is 67.6 Å². The Bertz CT molecular complexity index is 3100. The molecular weight excluding hydrogens is 945 g/mol. The SMILES string of the molecule is CC(C)c1ccccc1C1(C)CN(c2cccnc2)CCN1C1CC2(CCN(c3cc(Oc4cnc5[nH]ccc5c4)c(C(=O)NS(=O)(=O)c4ccc(NCC5(F)CCOCC5)c([N+](=O)[O-])c4)cc3F)CC2)C1. The number of nitro benzene ring substituents is 1. The van der Waals surface area contributed by atoms with Gasteiger partial charge in [-0.05, 0) is 97.5 Å². The lowest BCUT2D eigenvalue weighted by Crippen LogP contribution is -2.66. The van der Waals surface area contributed by atoms with E-state index in [2.05, 4.69) is 81.2 Å². The number of ether oxygens (including phenoxy) is 2. The Kier molecular flexibility index (Phi) is 13.2. The third-order valence-corrected chi connectivity index (χ3v) is 16.8. The molecule has 1 unspecified atom stereocenters. The van der Waals surface area contributed by atoms with Crippen molar-refractivity contribution in [2.45, 2.75) is 87.4 Å². The summed E-state index contributed by atoms with van der Waals surface area (Å²) in [6.07, 6.45) is 10.8. The molecule has 4 aliphatic rings. The van der Waals surface area contributed by atoms with Gasteiger partial charge < -0.3 is 29.6 Å². The van der Waals surface area contributed by atoms with Gasteiger partial charge in [-0.2, -0.15) is 0 Å². The summed E-state index contributed by atoms with van der Waals surface area (Å²) in [4.78, 5) is 43.7. The number of sulfonamides is 1. The van der Waals surface area contributed by atoms with Crippen LogP contribution in [-0.2, 0) is 20.3 Å². The Labute approximate surface area is 417 Å². The number of pyridine rings is 2. The molecule has 1 spiro atoms. The number of anilines is 3. The minimum Gasteiger partial charge on any atom is -0.455 e. The molecule has 0 radical (unpaired) electrons. The zero-order chi connectivity index (χ0) is 50.4. The second-order valence-corrected chi connectivity index (χ2v) is 22.0. The molecule has 10 rings (SSSR count). The fourth-order valence-corrected chi connectivity index (χ4v) is 12.4. The van der Waals surface area contributed by atoms with Crippen LogP contribution in [0.5, 0.6) is 11.5 Å². The van der Waals surface area contributed by atoms with Crippen molar-refractivity contribution in [1.29, 1.82) is 0 Å². The van der Waals surface area contributed by atoms with E-state index < -0.39 is 48.5 Å². The van der Waals surface area contributed by atoms with Crippen LogP contribution in [0, 0.1) is 21.3 Å². The minimum absolute atomic E-state index is 0.0747. The lowest BCUT2D eigenvalue weighted by Gasteiger charge is -2.61. The Hall–Kier alpha value is -6.70. The summed E-state index contributed by atoms with van der Waals surface area (Å²) in [6, 6.07) is 22.2. The Morgan fingerprint density at radius 3 is 2.49 bits per heavy atom. The van der Waals surface area contributed by atoms with Gasteiger partial charge in [0.2, 0.25) is 0 Å². The maximum absolute atomic E-state index is 16.6. The summed E-state index contributed by atoms with van der Waals surface area (Å²) in [5, 5.41) is 15.6. The zero-order valence-electron chi connectivity index (χ0n) is 40.6. The van der Waals surface area contributed by atoms with Crippen molar-refractivity contribution in [3.8, 4) is 11.5 Å². The van der Waals surface area contributed by atoms with Crippen molar-refractivity contribution < 1.29 is 36.4 Å². The van der Waals surface area contributed by atoms with Gasteiger partial charge in [-0.3, -0.25) is 24.8 Å². The quantitative estimate of drug-likeness (QED) is 0.0692. The first-order chi connectivity index (χ1) is 34.5. The van der Waals surface area contributed by atoms with Gasteiger partial charge in [0.05, 0.1) is 44.7 Å². The van der Waals surface area contributed by atoms with Gasteiger partial charge in [0.15, 0.2) is 0 Å². The molecule has 6 heterocycles. The summed E-state index contributed by atoms with van der Waals surface area (Å²) in [5.41, 5.74) is 1.58. The normalized spacial score (nSPS) is 20.4. The average molecular weight is 1000 g/mol. The van der Waals surface area contributed by atoms with E-state index in [9.17, 15) is 23.3 Å². The highest BCUT2D eigenvalue weighted by atomic mass is 32.2. The van der Waals surface area contributed by atoms with Crippen LogP contribution < -0.4 is 24.6 Å². The van der Waals surface area contributed by atoms with Crippen LogP contribution in [0.4, 0.5) is 31.5 Å². The van der Waals surface area contributed by atoms with Crippen molar-refractivity contribution in [3.05, 3.63) is 136 Å². The lowest BCUT2D eigenvalue weighted by molar-refractivity contribution is -0.384. The number of nitrogens with zero attached hydrogens (tertiary/aromatic N) is 6. The number of fused-ring (bicyclic) bond motifs is 1. The largest absolute Gasteiger partial charge is 0.455 e. The van der Waals surface area contributed by atoms with Crippen LogP contribution in [-0.4, -0.2) is 103 Å². The topological polar surface area (TPSA) is 188 Å². The number of H-pyrrole nitrogens is 1. The summed E-state index contributed by atoms with van der Waals surface area (Å²) in [5.74, 6) is -1.53. The molecule has 1 amide bonds. The van der Waals surface area contributed by atoms with Crippen LogP contribution in [0.1, 0.15) is 86.7 Å². The molecule has 1 saturated carbocycles. The number of carbonyl (C=O) groups is 1. The third-order valence-electron chi connectivity index (χ3n) is 15.4. The number of aromatic amines is 1. The number of amides is 1. The molecule has 4 fully saturated rings. The molecule has 378 valence electrons. The van der Waals surface area contributed by atoms with E-state index in [-0.39, 0.29) is 66.4 Å². The van der Waals surface area contributed by atoms with E-state index in [4.69, 9.17) is 9.47 Å². The number of nitro groups is 1. The highest BCUT2D eigenvalue weighted by molar-refractivity contribution is 7.90. The number of rotatable bonds is 14. The first-order valence-corrected chi connectivity index (χ1v) is 26.1. The number of nitrogens with one attached hydrogen (secondary N) is 3. The van der Waals surface area contributed by atoms with E-state index in [0.29, 0.717) is 36.1 Å². The number of hydrogen-bond acceptors (Lipinski definition) is 13. The highest BCUT2D eigenvalue weighted by Gasteiger charge is 2.53. The van der Waals surface area contributed by atoms with Gasteiger partial charge in [-0.25, -0.2) is 26.9 Å². The minimum atomic E-state index is -4.79. The zero-order valence-corrected chi connectivity index (χ0v) is 41.4. The van der Waals surface area contributed by atoms with Crippen LogP contribution in [0.2, 0.25) is 0 Å². The van der Waals surface area contributed by atoms with Gasteiger partial charge in [-0.15, -0.1) is 0 Å². The van der Waals surface area contributed by atoms with Gasteiger partial charge >= 0.3 is 0 Å². The fraction of sp³-hybridized carbons (Fsp3) is 0.415. The van der Waals surface area contributed by atoms with E-state index in [1.807, 2.05) is 21.9 Å². The number of aromatic nitrogens is 3. The Morgan fingerprint density at radius 2 is 1.75 bits per heavy atom. The van der Waals surface area contributed by atoms with E-state index >= 15 is 8.78 Å². The Morgan fingerprint density at radius 1 is 0.972 bits per heavy atom. The van der Waals surface area contributed by atoms with Crippen molar-refractivity contribution in [2.24, 2.45) is 5.41 Å². The highest BCUT2D eigenvalue weighted by Crippen LogP contribution is 2.55. The van der Waals surface area contributed by atoms with Crippen molar-refractivity contribution in [3.63, 3.8) is 0 Å². The molecule has 3 aromatic carbocycles. The molecule has 3 aromatic heterocycles. The monoisotopic (exact) mass is 1000 g/mol. The number of carbonyl (C=O) groups excluding carboxylic acids is 1. The molecule has 1 aliphatic carbocycles. The maximum Gasteiger partial charge on any atom is 0.293 e. The molecular formula is C53H59F2N9O7S. The van der Waals surface area contributed by atoms with Crippen LogP contribution in [0.15, 0.2) is 109 Å². The molecule has 6 aromatic rings.